The van der Waals surface area contributed by atoms with Crippen molar-refractivity contribution in [3.05, 3.63) is 0 Å². The first kappa shape index (κ1) is 27.2. The highest BCUT2D eigenvalue weighted by Crippen LogP contribution is 2.41. The molecule has 1 nitrogen and oxygen atoms in total. The van der Waals surface area contributed by atoms with Crippen LogP contribution in [0.5, 0.6) is 0 Å². The predicted molar refractivity (Wildman–Crippen MR) is 118 cm³/mol. The molecule has 0 fully saturated rings. The Kier molecular flexibility index (Phi) is 22.0. The maximum Gasteiger partial charge on any atom is -0.0297 e. The van der Waals surface area contributed by atoms with E-state index < -0.39 is 0 Å². The number of unbranched alkanes of at least 4 members (excludes halogenated alkanes) is 11. The zero-order chi connectivity index (χ0) is 17.9. The molecule has 0 saturated heterocycles. The Labute approximate surface area is 161 Å². The minimum atomic E-state index is 0. The fourth-order valence-electron chi connectivity index (χ4n) is 4.22. The van der Waals surface area contributed by atoms with Crippen molar-refractivity contribution in [2.75, 3.05) is 0 Å². The quantitative estimate of drug-likeness (QED) is 0.230. The summed E-state index contributed by atoms with van der Waals surface area (Å²) in [6.07, 6.45) is 27.7. The van der Waals surface area contributed by atoms with Gasteiger partial charge in [0.2, 0.25) is 0 Å². The summed E-state index contributed by atoms with van der Waals surface area (Å²) in [6, 6.07) is 0. The fourth-order valence-corrected chi connectivity index (χ4v) is 4.22. The highest BCUT2D eigenvalue weighted by Gasteiger charge is 2.27. The maximum atomic E-state index is 2.36. The first-order valence-corrected chi connectivity index (χ1v) is 11.7. The first-order chi connectivity index (χ1) is 11.7. The van der Waals surface area contributed by atoms with Crippen LogP contribution >= 0.6 is 0 Å². The first-order valence-electron chi connectivity index (χ1n) is 11.7. The highest BCUT2D eigenvalue weighted by molar-refractivity contribution is 4.79. The molecular formula is C24H53N. The van der Waals surface area contributed by atoms with Crippen molar-refractivity contribution in [1.29, 1.82) is 0 Å². The van der Waals surface area contributed by atoms with Crippen molar-refractivity contribution >= 4 is 0 Å². The van der Waals surface area contributed by atoms with Crippen LogP contribution in [0.15, 0.2) is 0 Å². The van der Waals surface area contributed by atoms with Crippen LogP contribution in [0, 0.1) is 5.41 Å². The Hall–Kier alpha value is -0.0400. The second-order valence-corrected chi connectivity index (χ2v) is 8.39. The monoisotopic (exact) mass is 355 g/mol. The fraction of sp³-hybridized carbons (Fsp3) is 1.00. The van der Waals surface area contributed by atoms with Crippen LogP contribution in [-0.2, 0) is 0 Å². The van der Waals surface area contributed by atoms with E-state index >= 15 is 0 Å². The Morgan fingerprint density at radius 3 is 1.00 bits per heavy atom. The van der Waals surface area contributed by atoms with E-state index in [1.54, 1.807) is 0 Å². The van der Waals surface area contributed by atoms with Crippen LogP contribution in [0.3, 0.4) is 0 Å². The molecule has 0 aliphatic carbocycles. The average Bonchev–Trinajstić information content (AvgIpc) is 2.61. The van der Waals surface area contributed by atoms with E-state index in [1.807, 2.05) is 0 Å². The zero-order valence-electron chi connectivity index (χ0n) is 18.6. The third-order valence-electron chi connectivity index (χ3n) is 5.99. The lowest BCUT2D eigenvalue weighted by Gasteiger charge is -2.35. The largest absolute Gasteiger partial charge is 0.344 e. The van der Waals surface area contributed by atoms with Gasteiger partial charge in [0.15, 0.2) is 0 Å². The van der Waals surface area contributed by atoms with Crippen molar-refractivity contribution < 1.29 is 0 Å². The van der Waals surface area contributed by atoms with Gasteiger partial charge in [0.25, 0.3) is 0 Å². The molecule has 0 aliphatic rings. The van der Waals surface area contributed by atoms with Gasteiger partial charge in [-0.2, -0.15) is 0 Å². The van der Waals surface area contributed by atoms with Crippen molar-refractivity contribution in [2.24, 2.45) is 5.41 Å². The number of hydrogen-bond acceptors (Lipinski definition) is 1. The van der Waals surface area contributed by atoms with Crippen LogP contribution < -0.4 is 6.15 Å². The minimum Gasteiger partial charge on any atom is -0.344 e. The van der Waals surface area contributed by atoms with Gasteiger partial charge in [-0.15, -0.1) is 0 Å². The Balaban J connectivity index is 0. The summed E-state index contributed by atoms with van der Waals surface area (Å²) in [5, 5.41) is 0. The molecule has 0 amide bonds. The van der Waals surface area contributed by atoms with Crippen LogP contribution in [0.1, 0.15) is 150 Å². The van der Waals surface area contributed by atoms with Crippen LogP contribution in [0.2, 0.25) is 0 Å². The molecule has 3 N–H and O–H groups in total. The second-order valence-electron chi connectivity index (χ2n) is 8.39. The van der Waals surface area contributed by atoms with E-state index in [2.05, 4.69) is 27.7 Å². The summed E-state index contributed by atoms with van der Waals surface area (Å²) in [5.41, 5.74) is 0.698. The molecule has 0 unspecified atom stereocenters. The molecule has 0 heterocycles. The van der Waals surface area contributed by atoms with Crippen molar-refractivity contribution in [3.63, 3.8) is 0 Å². The zero-order valence-corrected chi connectivity index (χ0v) is 18.6. The van der Waals surface area contributed by atoms with Crippen LogP contribution in [0.25, 0.3) is 0 Å². The summed E-state index contributed by atoms with van der Waals surface area (Å²) in [5.74, 6) is 0. The summed E-state index contributed by atoms with van der Waals surface area (Å²) in [6.45, 7) is 9.40. The molecule has 0 saturated carbocycles. The standard InChI is InChI=1S/C24H50.H3N/c1-5-9-13-14-15-16-17-18-19-23-24(20-10-6-2,21-11-7-3)22-12-8-4;/h5-23H2,1-4H3;1H3. The Morgan fingerprint density at radius 2 is 0.640 bits per heavy atom. The van der Waals surface area contributed by atoms with E-state index in [1.165, 1.54) is 122 Å². The molecule has 0 aliphatic heterocycles. The molecule has 0 aromatic rings. The summed E-state index contributed by atoms with van der Waals surface area (Å²) in [4.78, 5) is 0. The van der Waals surface area contributed by atoms with Crippen molar-refractivity contribution in [3.8, 4) is 0 Å². The van der Waals surface area contributed by atoms with Gasteiger partial charge in [0.1, 0.15) is 0 Å². The predicted octanol–water partition coefficient (Wildman–Crippen LogP) is 9.63. The minimum absolute atomic E-state index is 0. The summed E-state index contributed by atoms with van der Waals surface area (Å²) < 4.78 is 0. The van der Waals surface area contributed by atoms with E-state index in [0.29, 0.717) is 5.41 Å². The molecule has 0 atom stereocenters. The van der Waals surface area contributed by atoms with Gasteiger partial charge in [-0.25, -0.2) is 0 Å². The van der Waals surface area contributed by atoms with Crippen LogP contribution in [0.4, 0.5) is 0 Å². The average molecular weight is 356 g/mol. The van der Waals surface area contributed by atoms with Gasteiger partial charge in [-0.1, -0.05) is 124 Å². The lowest BCUT2D eigenvalue weighted by atomic mass is 9.71. The lowest BCUT2D eigenvalue weighted by Crippen LogP contribution is -2.21. The third-order valence-corrected chi connectivity index (χ3v) is 5.99. The third kappa shape index (κ3) is 15.9. The smallest absolute Gasteiger partial charge is 0.0297 e. The molecule has 0 aromatic carbocycles. The van der Waals surface area contributed by atoms with Crippen molar-refractivity contribution in [1.82, 2.24) is 6.15 Å². The summed E-state index contributed by atoms with van der Waals surface area (Å²) >= 11 is 0. The molecule has 25 heavy (non-hydrogen) atoms. The molecule has 0 aromatic heterocycles. The molecule has 0 radical (unpaired) electrons. The highest BCUT2D eigenvalue weighted by atomic mass is 14.3. The normalized spacial score (nSPS) is 11.5. The van der Waals surface area contributed by atoms with Gasteiger partial charge in [0.05, 0.1) is 0 Å². The summed E-state index contributed by atoms with van der Waals surface area (Å²) in [7, 11) is 0. The molecule has 0 bridgehead atoms. The van der Waals surface area contributed by atoms with Gasteiger partial charge in [-0.3, -0.25) is 0 Å². The SMILES string of the molecule is CCCCCCCCCCCC(CCCC)(CCCC)CCCC.N. The van der Waals surface area contributed by atoms with Gasteiger partial charge in [0, 0.05) is 0 Å². The maximum absolute atomic E-state index is 2.36. The van der Waals surface area contributed by atoms with E-state index in [-0.39, 0.29) is 6.15 Å². The number of rotatable bonds is 19. The van der Waals surface area contributed by atoms with E-state index in [9.17, 15) is 0 Å². The number of hydrogen-bond donors (Lipinski definition) is 1. The molecule has 0 rings (SSSR count). The van der Waals surface area contributed by atoms with Gasteiger partial charge in [-0.05, 0) is 31.1 Å². The van der Waals surface area contributed by atoms with Crippen LogP contribution in [-0.4, -0.2) is 0 Å². The molecule has 1 heteroatoms. The molecule has 0 spiro atoms. The topological polar surface area (TPSA) is 35.0 Å². The lowest BCUT2D eigenvalue weighted by molar-refractivity contribution is 0.175. The Morgan fingerprint density at radius 1 is 0.360 bits per heavy atom. The van der Waals surface area contributed by atoms with E-state index in [0.717, 1.165) is 0 Å². The molecular weight excluding hydrogens is 302 g/mol. The van der Waals surface area contributed by atoms with E-state index in [4.69, 9.17) is 0 Å². The van der Waals surface area contributed by atoms with Gasteiger partial charge < -0.3 is 6.15 Å². The second kappa shape index (κ2) is 20.3. The Bertz CT molecular complexity index is 214. The van der Waals surface area contributed by atoms with Crippen molar-refractivity contribution in [2.45, 2.75) is 150 Å². The van der Waals surface area contributed by atoms with Gasteiger partial charge >= 0.3 is 0 Å². The molecule has 154 valence electrons.